The number of benzene rings is 1. The minimum atomic E-state index is -1.11. The first kappa shape index (κ1) is 14.3. The van der Waals surface area contributed by atoms with Gasteiger partial charge in [0, 0.05) is 18.7 Å². The molecule has 98 valence electrons. The Balaban J connectivity index is 2.65. The molecular formula is C13H15FO4. The van der Waals surface area contributed by atoms with Gasteiger partial charge in [0.15, 0.2) is 0 Å². The van der Waals surface area contributed by atoms with Crippen LogP contribution >= 0.6 is 0 Å². The molecule has 0 heterocycles. The molecule has 0 saturated heterocycles. The molecule has 0 spiro atoms. The molecule has 4 nitrogen and oxygen atoms in total. The van der Waals surface area contributed by atoms with E-state index in [-0.39, 0.29) is 5.56 Å². The van der Waals surface area contributed by atoms with Gasteiger partial charge in [-0.05, 0) is 23.8 Å². The maximum Gasteiger partial charge on any atom is 0.328 e. The second-order valence-corrected chi connectivity index (χ2v) is 3.57. The molecule has 1 aromatic rings. The number of aliphatic carboxylic acids is 1. The summed E-state index contributed by atoms with van der Waals surface area (Å²) in [6.07, 6.45) is 2.12. The second kappa shape index (κ2) is 7.58. The molecule has 0 unspecified atom stereocenters. The first-order valence-electron chi connectivity index (χ1n) is 5.39. The third-order valence-corrected chi connectivity index (χ3v) is 2.17. The smallest absolute Gasteiger partial charge is 0.328 e. The zero-order valence-electron chi connectivity index (χ0n) is 10.1. The SMILES string of the molecule is COCCOCc1ccc(F)c(/C=C/C(=O)O)c1. The van der Waals surface area contributed by atoms with Crippen LogP contribution in [0, 0.1) is 5.82 Å². The van der Waals surface area contributed by atoms with Crippen molar-refractivity contribution < 1.29 is 23.8 Å². The Morgan fingerprint density at radius 3 is 2.89 bits per heavy atom. The Bertz CT molecular complexity index is 429. The summed E-state index contributed by atoms with van der Waals surface area (Å²) in [6, 6.07) is 4.44. The number of rotatable bonds is 7. The largest absolute Gasteiger partial charge is 0.478 e. The lowest BCUT2D eigenvalue weighted by atomic mass is 10.1. The minimum Gasteiger partial charge on any atom is -0.478 e. The summed E-state index contributed by atoms with van der Waals surface area (Å²) >= 11 is 0. The van der Waals surface area contributed by atoms with Gasteiger partial charge in [-0.25, -0.2) is 9.18 Å². The third kappa shape index (κ3) is 5.07. The van der Waals surface area contributed by atoms with Gasteiger partial charge < -0.3 is 14.6 Å². The molecule has 0 fully saturated rings. The highest BCUT2D eigenvalue weighted by Gasteiger charge is 2.02. The Labute approximate surface area is 105 Å². The Kier molecular flexibility index (Phi) is 6.04. The normalized spacial score (nSPS) is 11.0. The van der Waals surface area contributed by atoms with Gasteiger partial charge in [-0.3, -0.25) is 0 Å². The number of halogens is 1. The van der Waals surface area contributed by atoms with Crippen LogP contribution in [-0.2, 0) is 20.9 Å². The van der Waals surface area contributed by atoms with Crippen molar-refractivity contribution in [3.63, 3.8) is 0 Å². The fourth-order valence-corrected chi connectivity index (χ4v) is 1.30. The van der Waals surface area contributed by atoms with Crippen LogP contribution in [0.3, 0.4) is 0 Å². The van der Waals surface area contributed by atoms with Crippen molar-refractivity contribution in [3.05, 3.63) is 41.2 Å². The fraction of sp³-hybridized carbons (Fsp3) is 0.308. The first-order chi connectivity index (χ1) is 8.63. The lowest BCUT2D eigenvalue weighted by Gasteiger charge is -2.05. The predicted octanol–water partition coefficient (Wildman–Crippen LogP) is 2.09. The molecule has 0 aliphatic rings. The molecule has 0 saturated carbocycles. The van der Waals surface area contributed by atoms with Gasteiger partial charge in [-0.1, -0.05) is 6.07 Å². The number of ether oxygens (including phenoxy) is 2. The Morgan fingerprint density at radius 2 is 2.22 bits per heavy atom. The second-order valence-electron chi connectivity index (χ2n) is 3.57. The highest BCUT2D eigenvalue weighted by atomic mass is 19.1. The van der Waals surface area contributed by atoms with Crippen LogP contribution in [0.1, 0.15) is 11.1 Å². The predicted molar refractivity (Wildman–Crippen MR) is 64.6 cm³/mol. The summed E-state index contributed by atoms with van der Waals surface area (Å²) in [5.74, 6) is -1.58. The summed E-state index contributed by atoms with van der Waals surface area (Å²) in [5.41, 5.74) is 1.00. The van der Waals surface area contributed by atoms with Crippen molar-refractivity contribution in [2.24, 2.45) is 0 Å². The first-order valence-corrected chi connectivity index (χ1v) is 5.39. The highest BCUT2D eigenvalue weighted by Crippen LogP contribution is 2.13. The van der Waals surface area contributed by atoms with Gasteiger partial charge in [0.25, 0.3) is 0 Å². The summed E-state index contributed by atoms with van der Waals surface area (Å²) in [7, 11) is 1.58. The van der Waals surface area contributed by atoms with Crippen LogP contribution in [0.5, 0.6) is 0 Å². The Morgan fingerprint density at radius 1 is 1.44 bits per heavy atom. The molecule has 0 aliphatic heterocycles. The molecule has 0 bridgehead atoms. The lowest BCUT2D eigenvalue weighted by Crippen LogP contribution is -2.02. The van der Waals surface area contributed by atoms with Crippen molar-refractivity contribution >= 4 is 12.0 Å². The van der Waals surface area contributed by atoms with E-state index in [0.29, 0.717) is 19.8 Å². The van der Waals surface area contributed by atoms with Gasteiger partial charge >= 0.3 is 5.97 Å². The van der Waals surface area contributed by atoms with Crippen molar-refractivity contribution in [2.75, 3.05) is 20.3 Å². The average Bonchev–Trinajstić information content (AvgIpc) is 2.34. The molecule has 1 N–H and O–H groups in total. The molecule has 1 rings (SSSR count). The van der Waals surface area contributed by atoms with E-state index in [1.807, 2.05) is 0 Å². The molecular weight excluding hydrogens is 239 g/mol. The molecule has 0 aromatic heterocycles. The maximum absolute atomic E-state index is 13.4. The van der Waals surface area contributed by atoms with Gasteiger partial charge in [-0.2, -0.15) is 0 Å². The van der Waals surface area contributed by atoms with E-state index in [1.165, 1.54) is 12.1 Å². The number of carbonyl (C=O) groups is 1. The van der Waals surface area contributed by atoms with Crippen LogP contribution in [0.25, 0.3) is 6.08 Å². The number of methoxy groups -OCH3 is 1. The zero-order valence-corrected chi connectivity index (χ0v) is 10.1. The van der Waals surface area contributed by atoms with Gasteiger partial charge in [0.05, 0.1) is 19.8 Å². The summed E-state index contributed by atoms with van der Waals surface area (Å²) in [6.45, 7) is 1.28. The highest BCUT2D eigenvalue weighted by molar-refractivity contribution is 5.85. The van der Waals surface area contributed by atoms with Crippen LogP contribution in [0.2, 0.25) is 0 Å². The zero-order chi connectivity index (χ0) is 13.4. The number of hydrogen-bond acceptors (Lipinski definition) is 3. The van der Waals surface area contributed by atoms with E-state index in [0.717, 1.165) is 11.6 Å². The van der Waals surface area contributed by atoms with E-state index in [2.05, 4.69) is 0 Å². The van der Waals surface area contributed by atoms with Crippen molar-refractivity contribution in [3.8, 4) is 0 Å². The van der Waals surface area contributed by atoms with Gasteiger partial charge in [0.2, 0.25) is 0 Å². The number of carboxylic acids is 1. The number of carboxylic acid groups (broad SMARTS) is 1. The van der Waals surface area contributed by atoms with E-state index < -0.39 is 11.8 Å². The van der Waals surface area contributed by atoms with Crippen LogP contribution in [0.15, 0.2) is 24.3 Å². The van der Waals surface area contributed by atoms with Crippen LogP contribution in [-0.4, -0.2) is 31.4 Å². The molecule has 0 aliphatic carbocycles. The van der Waals surface area contributed by atoms with Crippen molar-refractivity contribution in [1.29, 1.82) is 0 Å². The fourth-order valence-electron chi connectivity index (χ4n) is 1.30. The van der Waals surface area contributed by atoms with Crippen molar-refractivity contribution in [2.45, 2.75) is 6.61 Å². The van der Waals surface area contributed by atoms with E-state index in [9.17, 15) is 9.18 Å². The topological polar surface area (TPSA) is 55.8 Å². The molecule has 0 amide bonds. The summed E-state index contributed by atoms with van der Waals surface area (Å²) in [4.78, 5) is 10.4. The molecule has 18 heavy (non-hydrogen) atoms. The number of hydrogen-bond donors (Lipinski definition) is 1. The third-order valence-electron chi connectivity index (χ3n) is 2.17. The molecule has 0 radical (unpaired) electrons. The monoisotopic (exact) mass is 254 g/mol. The average molecular weight is 254 g/mol. The molecule has 0 atom stereocenters. The minimum absolute atomic E-state index is 0.227. The van der Waals surface area contributed by atoms with Gasteiger partial charge in [-0.15, -0.1) is 0 Å². The van der Waals surface area contributed by atoms with Crippen molar-refractivity contribution in [1.82, 2.24) is 0 Å². The van der Waals surface area contributed by atoms with E-state index in [4.69, 9.17) is 14.6 Å². The van der Waals surface area contributed by atoms with Crippen LogP contribution in [0.4, 0.5) is 4.39 Å². The van der Waals surface area contributed by atoms with E-state index >= 15 is 0 Å². The summed E-state index contributed by atoms with van der Waals surface area (Å²) in [5, 5.41) is 8.49. The van der Waals surface area contributed by atoms with Gasteiger partial charge in [0.1, 0.15) is 5.82 Å². The molecule has 5 heteroatoms. The van der Waals surface area contributed by atoms with Crippen LogP contribution < -0.4 is 0 Å². The standard InChI is InChI=1S/C13H15FO4/c1-17-6-7-18-9-10-2-4-12(14)11(8-10)3-5-13(15)16/h2-5,8H,6-7,9H2,1H3,(H,15,16)/b5-3+. The lowest BCUT2D eigenvalue weighted by molar-refractivity contribution is -0.131. The quantitative estimate of drug-likeness (QED) is 0.598. The summed E-state index contributed by atoms with van der Waals surface area (Å²) < 4.78 is 23.5. The molecule has 1 aromatic carbocycles. The Hall–Kier alpha value is -1.72. The van der Waals surface area contributed by atoms with E-state index in [1.54, 1.807) is 19.2 Å². The maximum atomic E-state index is 13.4.